The number of benzene rings is 1. The van der Waals surface area contributed by atoms with Crippen LogP contribution in [0.1, 0.15) is 32.5 Å². The second-order valence-corrected chi connectivity index (χ2v) is 8.19. The zero-order valence-corrected chi connectivity index (χ0v) is 17.1. The van der Waals surface area contributed by atoms with Crippen molar-refractivity contribution in [2.45, 2.75) is 19.9 Å². The van der Waals surface area contributed by atoms with Gasteiger partial charge in [0, 0.05) is 29.9 Å². The molecule has 0 spiro atoms. The molecule has 146 valence electrons. The summed E-state index contributed by atoms with van der Waals surface area (Å²) in [6.07, 6.45) is 0. The van der Waals surface area contributed by atoms with E-state index in [1.54, 1.807) is 11.3 Å². The van der Waals surface area contributed by atoms with E-state index in [4.69, 9.17) is 4.74 Å². The molecule has 1 saturated heterocycles. The van der Waals surface area contributed by atoms with Crippen molar-refractivity contribution in [2.75, 3.05) is 32.8 Å². The number of morpholine rings is 1. The topological polar surface area (TPSA) is 54.5 Å². The predicted molar refractivity (Wildman–Crippen MR) is 113 cm³/mol. The largest absolute Gasteiger partial charge is 0.379 e. The van der Waals surface area contributed by atoms with Gasteiger partial charge in [-0.25, -0.2) is 0 Å². The highest BCUT2D eigenvalue weighted by Crippen LogP contribution is 2.26. The number of thiophene rings is 1. The van der Waals surface area contributed by atoms with E-state index in [0.29, 0.717) is 12.1 Å². The molecule has 1 aliphatic heterocycles. The summed E-state index contributed by atoms with van der Waals surface area (Å²) in [7, 11) is 0. The van der Waals surface area contributed by atoms with Gasteiger partial charge in [-0.1, -0.05) is 17.7 Å². The van der Waals surface area contributed by atoms with Gasteiger partial charge in [0.1, 0.15) is 0 Å². The van der Waals surface area contributed by atoms with E-state index in [1.807, 2.05) is 32.0 Å². The summed E-state index contributed by atoms with van der Waals surface area (Å²) in [5.74, 6) is -0.0665. The van der Waals surface area contributed by atoms with E-state index in [1.165, 1.54) is 4.88 Å². The van der Waals surface area contributed by atoms with E-state index in [2.05, 4.69) is 38.8 Å². The van der Waals surface area contributed by atoms with Crippen LogP contribution in [-0.4, -0.2) is 48.6 Å². The number of nitrogens with one attached hydrogen (secondary N) is 1. The summed E-state index contributed by atoms with van der Waals surface area (Å²) in [6, 6.07) is 12.4. The van der Waals surface area contributed by atoms with Crippen molar-refractivity contribution in [3.8, 4) is 0 Å². The van der Waals surface area contributed by atoms with Gasteiger partial charge >= 0.3 is 0 Å². The average molecular weight is 396 g/mol. The van der Waals surface area contributed by atoms with Gasteiger partial charge in [0.15, 0.2) is 0 Å². The first-order valence-electron chi connectivity index (χ1n) is 9.63. The van der Waals surface area contributed by atoms with Crippen molar-refractivity contribution in [1.82, 2.24) is 15.2 Å². The molecule has 1 aliphatic rings. The lowest BCUT2D eigenvalue weighted by atomic mass is 10.1. The predicted octanol–water partition coefficient (Wildman–Crippen LogP) is 3.72. The normalized spacial score (nSPS) is 16.2. The minimum Gasteiger partial charge on any atom is -0.379 e. The third-order valence-corrected chi connectivity index (χ3v) is 6.19. The Labute approximate surface area is 169 Å². The van der Waals surface area contributed by atoms with E-state index >= 15 is 0 Å². The van der Waals surface area contributed by atoms with Crippen LogP contribution in [0, 0.1) is 13.8 Å². The molecule has 0 bridgehead atoms. The van der Waals surface area contributed by atoms with Gasteiger partial charge in [0.2, 0.25) is 0 Å². The van der Waals surface area contributed by atoms with Gasteiger partial charge in [-0.15, -0.1) is 11.3 Å². The fourth-order valence-corrected chi connectivity index (χ4v) is 4.55. The molecule has 0 radical (unpaired) electrons. The molecule has 1 amide bonds. The molecule has 3 heterocycles. The maximum absolute atomic E-state index is 13.0. The molecule has 0 saturated carbocycles. The van der Waals surface area contributed by atoms with Crippen molar-refractivity contribution in [3.63, 3.8) is 0 Å². The molecular formula is C22H25N3O2S. The average Bonchev–Trinajstić information content (AvgIpc) is 3.23. The third-order valence-electron chi connectivity index (χ3n) is 5.22. The molecule has 1 atom stereocenters. The fraction of sp³-hybridized carbons (Fsp3) is 0.364. The van der Waals surface area contributed by atoms with Crippen molar-refractivity contribution in [2.24, 2.45) is 0 Å². The second kappa shape index (κ2) is 8.39. The lowest BCUT2D eigenvalue weighted by molar-refractivity contribution is 0.0169. The zero-order chi connectivity index (χ0) is 19.5. The lowest BCUT2D eigenvalue weighted by Gasteiger charge is -2.34. The maximum atomic E-state index is 13.0. The van der Waals surface area contributed by atoms with Crippen molar-refractivity contribution >= 4 is 28.1 Å². The molecule has 1 fully saturated rings. The zero-order valence-electron chi connectivity index (χ0n) is 16.3. The fourth-order valence-electron chi connectivity index (χ4n) is 3.69. The van der Waals surface area contributed by atoms with Crippen molar-refractivity contribution in [3.05, 3.63) is 63.5 Å². The van der Waals surface area contributed by atoms with Crippen LogP contribution in [0.5, 0.6) is 0 Å². The first kappa shape index (κ1) is 19.1. The number of nitrogens with zero attached hydrogens (tertiary/aromatic N) is 2. The number of aromatic nitrogens is 1. The Kier molecular flexibility index (Phi) is 5.71. The van der Waals surface area contributed by atoms with E-state index in [0.717, 1.165) is 48.5 Å². The third kappa shape index (κ3) is 4.09. The van der Waals surface area contributed by atoms with Gasteiger partial charge < -0.3 is 10.1 Å². The van der Waals surface area contributed by atoms with Crippen LogP contribution in [0.2, 0.25) is 0 Å². The monoisotopic (exact) mass is 395 g/mol. The first-order valence-corrected chi connectivity index (χ1v) is 10.5. The summed E-state index contributed by atoms with van der Waals surface area (Å²) in [5, 5.41) is 6.24. The molecule has 1 N–H and O–H groups in total. The van der Waals surface area contributed by atoms with Gasteiger partial charge in [-0.3, -0.25) is 14.7 Å². The summed E-state index contributed by atoms with van der Waals surface area (Å²) in [4.78, 5) is 21.2. The Morgan fingerprint density at radius 2 is 2.07 bits per heavy atom. The van der Waals surface area contributed by atoms with Crippen LogP contribution in [-0.2, 0) is 4.74 Å². The molecule has 0 aliphatic carbocycles. The molecule has 5 nitrogen and oxygen atoms in total. The molecule has 6 heteroatoms. The summed E-state index contributed by atoms with van der Waals surface area (Å²) < 4.78 is 5.49. The van der Waals surface area contributed by atoms with Gasteiger partial charge in [-0.05, 0) is 43.5 Å². The van der Waals surface area contributed by atoms with E-state index in [9.17, 15) is 4.79 Å². The molecule has 1 aromatic carbocycles. The Hall–Kier alpha value is -2.28. The number of aryl methyl sites for hydroxylation is 2. The number of hydrogen-bond donors (Lipinski definition) is 1. The second-order valence-electron chi connectivity index (χ2n) is 7.21. The lowest BCUT2D eigenvalue weighted by Crippen LogP contribution is -2.43. The highest BCUT2D eigenvalue weighted by atomic mass is 32.1. The molecule has 28 heavy (non-hydrogen) atoms. The highest BCUT2D eigenvalue weighted by Gasteiger charge is 2.24. The van der Waals surface area contributed by atoms with Crippen molar-refractivity contribution < 1.29 is 9.53 Å². The first-order chi connectivity index (χ1) is 13.6. The summed E-state index contributed by atoms with van der Waals surface area (Å²) >= 11 is 1.73. The number of rotatable bonds is 5. The number of amides is 1. The van der Waals surface area contributed by atoms with E-state index in [-0.39, 0.29) is 11.9 Å². The Balaban J connectivity index is 1.53. The maximum Gasteiger partial charge on any atom is 0.253 e. The molecule has 3 aromatic rings. The van der Waals surface area contributed by atoms with Crippen LogP contribution in [0.3, 0.4) is 0 Å². The molecule has 1 unspecified atom stereocenters. The molecule has 2 aromatic heterocycles. The molecular weight excluding hydrogens is 370 g/mol. The molecule has 4 rings (SSSR count). The minimum absolute atomic E-state index is 0.0665. The van der Waals surface area contributed by atoms with E-state index < -0.39 is 0 Å². The number of carbonyl (C=O) groups excluding carboxylic acids is 1. The number of hydrogen-bond acceptors (Lipinski definition) is 5. The quantitative estimate of drug-likeness (QED) is 0.715. The Morgan fingerprint density at radius 1 is 1.25 bits per heavy atom. The van der Waals surface area contributed by atoms with Crippen LogP contribution in [0.25, 0.3) is 10.9 Å². The Bertz CT molecular complexity index is 965. The Morgan fingerprint density at radius 3 is 2.82 bits per heavy atom. The minimum atomic E-state index is -0.0665. The number of carbonyl (C=O) groups is 1. The SMILES string of the molecule is Cc1ccc2nc(C)c(C(=O)NCC(c3cccs3)N3CCOCC3)cc2c1. The van der Waals surface area contributed by atoms with Crippen LogP contribution >= 0.6 is 11.3 Å². The van der Waals surface area contributed by atoms with Gasteiger partial charge in [0.05, 0.1) is 36.0 Å². The highest BCUT2D eigenvalue weighted by molar-refractivity contribution is 7.10. The summed E-state index contributed by atoms with van der Waals surface area (Å²) in [5.41, 5.74) is 3.48. The smallest absolute Gasteiger partial charge is 0.253 e. The van der Waals surface area contributed by atoms with Gasteiger partial charge in [-0.2, -0.15) is 0 Å². The van der Waals surface area contributed by atoms with Crippen LogP contribution in [0.15, 0.2) is 41.8 Å². The number of fused-ring (bicyclic) bond motifs is 1. The van der Waals surface area contributed by atoms with Crippen molar-refractivity contribution in [1.29, 1.82) is 0 Å². The summed E-state index contributed by atoms with van der Waals surface area (Å²) in [6.45, 7) is 7.76. The van der Waals surface area contributed by atoms with Gasteiger partial charge in [0.25, 0.3) is 5.91 Å². The van der Waals surface area contributed by atoms with Crippen LogP contribution < -0.4 is 5.32 Å². The number of pyridine rings is 1. The number of ether oxygens (including phenoxy) is 1. The van der Waals surface area contributed by atoms with Crippen LogP contribution in [0.4, 0.5) is 0 Å². The standard InChI is InChI=1S/C22H25N3O2S/c1-15-5-6-19-17(12-15)13-18(16(2)24-19)22(26)23-14-20(21-4-3-11-28-21)25-7-9-27-10-8-25/h3-6,11-13,20H,7-10,14H2,1-2H3,(H,23,26).